The number of rotatable bonds is 8. The SMILES string of the molecule is CCCCCCCCN1CN(C)c2cc(S(=O)(=O)O)ccc21. The summed E-state index contributed by atoms with van der Waals surface area (Å²) in [6.45, 7) is 3.96. The third kappa shape index (κ3) is 4.14. The minimum absolute atomic E-state index is 0.0421. The summed E-state index contributed by atoms with van der Waals surface area (Å²) in [6.07, 6.45) is 7.56. The second-order valence-corrected chi connectivity index (χ2v) is 7.42. The van der Waals surface area contributed by atoms with Gasteiger partial charge < -0.3 is 9.80 Å². The van der Waals surface area contributed by atoms with Crippen LogP contribution in [0.3, 0.4) is 0 Å². The van der Waals surface area contributed by atoms with Crippen LogP contribution in [0.4, 0.5) is 11.4 Å². The van der Waals surface area contributed by atoms with Crippen LogP contribution in [0.5, 0.6) is 0 Å². The Kier molecular flexibility index (Phi) is 5.69. The van der Waals surface area contributed by atoms with Gasteiger partial charge >= 0.3 is 0 Å². The van der Waals surface area contributed by atoms with Gasteiger partial charge in [0, 0.05) is 13.6 Å². The number of anilines is 2. The predicted molar refractivity (Wildman–Crippen MR) is 90.2 cm³/mol. The van der Waals surface area contributed by atoms with Gasteiger partial charge in [-0.15, -0.1) is 0 Å². The number of unbranched alkanes of at least 4 members (excludes halogenated alkanes) is 5. The fourth-order valence-electron chi connectivity index (χ4n) is 2.92. The van der Waals surface area contributed by atoms with E-state index in [9.17, 15) is 8.42 Å². The molecular formula is C16H26N2O3S. The number of nitrogens with zero attached hydrogens (tertiary/aromatic N) is 2. The van der Waals surface area contributed by atoms with Gasteiger partial charge in [0.25, 0.3) is 10.1 Å². The lowest BCUT2D eigenvalue weighted by Crippen LogP contribution is -2.28. The van der Waals surface area contributed by atoms with Crippen LogP contribution >= 0.6 is 0 Å². The van der Waals surface area contributed by atoms with E-state index in [1.165, 1.54) is 38.2 Å². The fraction of sp³-hybridized carbons (Fsp3) is 0.625. The lowest BCUT2D eigenvalue weighted by Gasteiger charge is -2.19. The van der Waals surface area contributed by atoms with E-state index in [2.05, 4.69) is 11.8 Å². The van der Waals surface area contributed by atoms with Gasteiger partial charge in [-0.2, -0.15) is 8.42 Å². The zero-order valence-electron chi connectivity index (χ0n) is 13.5. The minimum Gasteiger partial charge on any atom is -0.355 e. The van der Waals surface area contributed by atoms with Crippen molar-refractivity contribution in [2.75, 3.05) is 30.1 Å². The molecule has 1 aliphatic heterocycles. The zero-order chi connectivity index (χ0) is 16.2. The Bertz CT molecular complexity index is 601. The Morgan fingerprint density at radius 2 is 1.77 bits per heavy atom. The van der Waals surface area contributed by atoms with Gasteiger partial charge in [0.2, 0.25) is 0 Å². The molecule has 6 heteroatoms. The number of hydrogen-bond acceptors (Lipinski definition) is 4. The summed E-state index contributed by atoms with van der Waals surface area (Å²) >= 11 is 0. The first-order chi connectivity index (χ1) is 10.4. The lowest BCUT2D eigenvalue weighted by atomic mass is 10.1. The molecule has 0 amide bonds. The molecule has 0 saturated carbocycles. The first-order valence-corrected chi connectivity index (χ1v) is 9.45. The van der Waals surface area contributed by atoms with Crippen molar-refractivity contribution in [2.45, 2.75) is 50.3 Å². The predicted octanol–water partition coefficient (Wildman–Crippen LogP) is 3.51. The van der Waals surface area contributed by atoms with Crippen LogP contribution in [-0.4, -0.2) is 33.2 Å². The molecule has 0 radical (unpaired) electrons. The maximum absolute atomic E-state index is 11.2. The topological polar surface area (TPSA) is 60.9 Å². The molecule has 22 heavy (non-hydrogen) atoms. The van der Waals surface area contributed by atoms with Crippen molar-refractivity contribution in [3.63, 3.8) is 0 Å². The van der Waals surface area contributed by atoms with Crippen molar-refractivity contribution in [2.24, 2.45) is 0 Å². The Balaban J connectivity index is 1.96. The molecule has 1 N–H and O–H groups in total. The smallest absolute Gasteiger partial charge is 0.294 e. The molecule has 124 valence electrons. The van der Waals surface area contributed by atoms with Gasteiger partial charge in [-0.3, -0.25) is 4.55 Å². The molecule has 0 unspecified atom stereocenters. The standard InChI is InChI=1S/C16H26N2O3S/c1-3-4-5-6-7-8-11-18-13-17(2)16-12-14(22(19,20)21)9-10-15(16)18/h9-10,12H,3-8,11,13H2,1-2H3,(H,19,20,21). The highest BCUT2D eigenvalue weighted by atomic mass is 32.2. The van der Waals surface area contributed by atoms with Crippen LogP contribution < -0.4 is 9.80 Å². The van der Waals surface area contributed by atoms with Crippen LogP contribution in [0.2, 0.25) is 0 Å². The minimum atomic E-state index is -4.14. The molecule has 0 atom stereocenters. The highest BCUT2D eigenvalue weighted by molar-refractivity contribution is 7.85. The van der Waals surface area contributed by atoms with Gasteiger partial charge in [0.1, 0.15) is 0 Å². The van der Waals surface area contributed by atoms with Gasteiger partial charge in [-0.1, -0.05) is 39.0 Å². The first-order valence-electron chi connectivity index (χ1n) is 8.01. The summed E-state index contributed by atoms with van der Waals surface area (Å²) < 4.78 is 31.6. The summed E-state index contributed by atoms with van der Waals surface area (Å²) in [5, 5.41) is 0. The highest BCUT2D eigenvalue weighted by Crippen LogP contribution is 2.36. The van der Waals surface area contributed by atoms with Crippen LogP contribution in [0, 0.1) is 0 Å². The molecule has 0 aromatic heterocycles. The second-order valence-electron chi connectivity index (χ2n) is 6.00. The average Bonchev–Trinajstić information content (AvgIpc) is 2.78. The normalized spacial score (nSPS) is 14.5. The van der Waals surface area contributed by atoms with Crippen molar-refractivity contribution < 1.29 is 13.0 Å². The molecule has 5 nitrogen and oxygen atoms in total. The quantitative estimate of drug-likeness (QED) is 0.585. The number of hydrogen-bond donors (Lipinski definition) is 1. The third-order valence-corrected chi connectivity index (χ3v) is 5.01. The van der Waals surface area contributed by atoms with Crippen LogP contribution in [0.25, 0.3) is 0 Å². The Hall–Kier alpha value is -1.27. The third-order valence-electron chi connectivity index (χ3n) is 4.16. The van der Waals surface area contributed by atoms with Crippen LogP contribution in [0.1, 0.15) is 45.4 Å². The van der Waals surface area contributed by atoms with Gasteiger partial charge in [0.05, 0.1) is 22.9 Å². The fourth-order valence-corrected chi connectivity index (χ4v) is 3.42. The molecule has 1 aliphatic rings. The van der Waals surface area contributed by atoms with E-state index < -0.39 is 10.1 Å². The van der Waals surface area contributed by atoms with Crippen molar-refractivity contribution >= 4 is 21.5 Å². The zero-order valence-corrected chi connectivity index (χ0v) is 14.3. The lowest BCUT2D eigenvalue weighted by molar-refractivity contribution is 0.483. The Morgan fingerprint density at radius 3 is 2.45 bits per heavy atom. The molecule has 1 aromatic rings. The summed E-state index contributed by atoms with van der Waals surface area (Å²) in [4.78, 5) is 4.24. The van der Waals surface area contributed by atoms with Crippen molar-refractivity contribution in [3.8, 4) is 0 Å². The van der Waals surface area contributed by atoms with E-state index in [4.69, 9.17) is 4.55 Å². The van der Waals surface area contributed by atoms with Gasteiger partial charge in [-0.05, 0) is 24.6 Å². The maximum Gasteiger partial charge on any atom is 0.294 e. The summed E-state index contributed by atoms with van der Waals surface area (Å²) in [7, 11) is -2.20. The average molecular weight is 326 g/mol. The molecule has 1 aromatic carbocycles. The highest BCUT2D eigenvalue weighted by Gasteiger charge is 2.24. The summed E-state index contributed by atoms with van der Waals surface area (Å²) in [5.74, 6) is 0. The van der Waals surface area contributed by atoms with E-state index in [0.717, 1.165) is 31.0 Å². The van der Waals surface area contributed by atoms with Gasteiger partial charge in [0.15, 0.2) is 0 Å². The van der Waals surface area contributed by atoms with E-state index in [0.29, 0.717) is 0 Å². The van der Waals surface area contributed by atoms with Crippen LogP contribution in [0.15, 0.2) is 23.1 Å². The largest absolute Gasteiger partial charge is 0.355 e. The van der Waals surface area contributed by atoms with Crippen molar-refractivity contribution in [1.29, 1.82) is 0 Å². The van der Waals surface area contributed by atoms with Crippen molar-refractivity contribution in [3.05, 3.63) is 18.2 Å². The molecule has 0 spiro atoms. The van der Waals surface area contributed by atoms with Crippen LogP contribution in [-0.2, 0) is 10.1 Å². The van der Waals surface area contributed by atoms with E-state index >= 15 is 0 Å². The Labute approximate surface area is 133 Å². The molecule has 0 bridgehead atoms. The monoisotopic (exact) mass is 326 g/mol. The van der Waals surface area contributed by atoms with E-state index in [1.54, 1.807) is 12.1 Å². The van der Waals surface area contributed by atoms with E-state index in [-0.39, 0.29) is 4.90 Å². The second kappa shape index (κ2) is 7.33. The first kappa shape index (κ1) is 17.1. The van der Waals surface area contributed by atoms with Gasteiger partial charge in [-0.25, -0.2) is 0 Å². The molecule has 2 rings (SSSR count). The molecule has 0 saturated heterocycles. The molecule has 0 fully saturated rings. The molecule has 0 aliphatic carbocycles. The number of benzene rings is 1. The maximum atomic E-state index is 11.2. The van der Waals surface area contributed by atoms with E-state index in [1.807, 2.05) is 11.9 Å². The summed E-state index contributed by atoms with van der Waals surface area (Å²) in [6, 6.07) is 4.81. The molecule has 1 heterocycles. The number of fused-ring (bicyclic) bond motifs is 1. The molecular weight excluding hydrogens is 300 g/mol. The van der Waals surface area contributed by atoms with Crippen molar-refractivity contribution in [1.82, 2.24) is 0 Å². The Morgan fingerprint density at radius 1 is 1.09 bits per heavy atom. The summed E-state index contributed by atoms with van der Waals surface area (Å²) in [5.41, 5.74) is 1.91.